The van der Waals surface area contributed by atoms with E-state index >= 15 is 0 Å². The van der Waals surface area contributed by atoms with Crippen LogP contribution >= 0.6 is 0 Å². The van der Waals surface area contributed by atoms with Crippen molar-refractivity contribution in [1.29, 1.82) is 0 Å². The Bertz CT molecular complexity index is 247. The number of hydrogen-bond acceptors (Lipinski definition) is 3. The van der Waals surface area contributed by atoms with Crippen molar-refractivity contribution in [3.8, 4) is 0 Å². The predicted octanol–water partition coefficient (Wildman–Crippen LogP) is -1.11. The van der Waals surface area contributed by atoms with Crippen LogP contribution in [0.25, 0.3) is 0 Å². The maximum absolute atomic E-state index is 10.5. The zero-order chi connectivity index (χ0) is 8.97. The number of nitrogens with zero attached hydrogens (tertiary/aromatic N) is 1. The minimum atomic E-state index is -0.505. The highest BCUT2D eigenvalue weighted by atomic mass is 16.1. The van der Waals surface area contributed by atoms with Gasteiger partial charge in [0.2, 0.25) is 12.8 Å². The molecule has 5 heteroatoms. The maximum atomic E-state index is 10.5. The van der Waals surface area contributed by atoms with Crippen molar-refractivity contribution in [2.45, 2.75) is 6.17 Å². The molecule has 1 aliphatic heterocycles. The van der Waals surface area contributed by atoms with Crippen LogP contribution in [-0.2, 0) is 9.59 Å². The molecule has 0 aromatic rings. The summed E-state index contributed by atoms with van der Waals surface area (Å²) in [4.78, 5) is 21.8. The second kappa shape index (κ2) is 3.68. The average Bonchev–Trinajstić information content (AvgIpc) is 2.05. The number of nitrogens with one attached hydrogen (secondary N) is 1. The first-order chi connectivity index (χ1) is 5.79. The van der Waals surface area contributed by atoms with Crippen molar-refractivity contribution in [3.05, 3.63) is 24.0 Å². The summed E-state index contributed by atoms with van der Waals surface area (Å²) in [5.41, 5.74) is 5.52. The van der Waals surface area contributed by atoms with E-state index < -0.39 is 6.17 Å². The number of carbonyl (C=O) groups excluding carboxylic acids is 2. The molecule has 0 aromatic heterocycles. The van der Waals surface area contributed by atoms with Crippen molar-refractivity contribution in [2.75, 3.05) is 0 Å². The van der Waals surface area contributed by atoms with E-state index in [1.807, 2.05) is 0 Å². The van der Waals surface area contributed by atoms with E-state index in [0.717, 1.165) is 0 Å². The minimum Gasteiger partial charge on any atom is -0.315 e. The molecule has 1 heterocycles. The second-order valence-corrected chi connectivity index (χ2v) is 2.20. The Morgan fingerprint density at radius 1 is 1.58 bits per heavy atom. The molecule has 12 heavy (non-hydrogen) atoms. The Hall–Kier alpha value is -1.62. The lowest BCUT2D eigenvalue weighted by Gasteiger charge is -2.26. The van der Waals surface area contributed by atoms with Crippen LogP contribution in [0.15, 0.2) is 24.0 Å². The molecular weight excluding hydrogens is 158 g/mol. The smallest absolute Gasteiger partial charge is 0.216 e. The molecule has 0 spiro atoms. The Labute approximate surface area is 69.5 Å². The molecule has 5 nitrogen and oxygen atoms in total. The fraction of sp³-hybridized carbons (Fsp3) is 0.143. The van der Waals surface area contributed by atoms with Crippen LogP contribution in [-0.4, -0.2) is 23.9 Å². The van der Waals surface area contributed by atoms with Gasteiger partial charge in [-0.25, -0.2) is 0 Å². The summed E-state index contributed by atoms with van der Waals surface area (Å²) in [6, 6.07) is 0. The average molecular weight is 167 g/mol. The van der Waals surface area contributed by atoms with Gasteiger partial charge in [-0.2, -0.15) is 0 Å². The lowest BCUT2D eigenvalue weighted by molar-refractivity contribution is -0.118. The third kappa shape index (κ3) is 1.51. The van der Waals surface area contributed by atoms with Crippen LogP contribution in [0.1, 0.15) is 0 Å². The van der Waals surface area contributed by atoms with E-state index in [1.54, 1.807) is 18.2 Å². The van der Waals surface area contributed by atoms with Crippen LogP contribution in [0.5, 0.6) is 0 Å². The molecule has 0 saturated heterocycles. The Balaban J connectivity index is 2.80. The molecule has 1 atom stereocenters. The summed E-state index contributed by atoms with van der Waals surface area (Å²) in [5.74, 6) is 0.384. The molecule has 0 saturated carbocycles. The summed E-state index contributed by atoms with van der Waals surface area (Å²) >= 11 is 0. The maximum Gasteiger partial charge on any atom is 0.216 e. The summed E-state index contributed by atoms with van der Waals surface area (Å²) in [6.45, 7) is 0. The van der Waals surface area contributed by atoms with Gasteiger partial charge in [-0.15, -0.1) is 0 Å². The van der Waals surface area contributed by atoms with Crippen molar-refractivity contribution >= 4 is 12.8 Å². The van der Waals surface area contributed by atoms with Gasteiger partial charge in [0, 0.05) is 0 Å². The predicted molar refractivity (Wildman–Crippen MR) is 42.3 cm³/mol. The lowest BCUT2D eigenvalue weighted by atomic mass is 10.3. The number of allylic oxidation sites excluding steroid dienone is 2. The highest BCUT2D eigenvalue weighted by molar-refractivity contribution is 5.58. The number of hydrogen-bond donors (Lipinski definition) is 2. The van der Waals surface area contributed by atoms with Crippen molar-refractivity contribution in [2.24, 2.45) is 5.73 Å². The highest BCUT2D eigenvalue weighted by Gasteiger charge is 2.15. The van der Waals surface area contributed by atoms with Crippen LogP contribution in [0, 0.1) is 0 Å². The summed E-state index contributed by atoms with van der Waals surface area (Å²) < 4.78 is 0. The molecule has 0 aliphatic carbocycles. The molecule has 0 bridgehead atoms. The zero-order valence-electron chi connectivity index (χ0n) is 6.31. The van der Waals surface area contributed by atoms with Crippen molar-refractivity contribution in [3.63, 3.8) is 0 Å². The van der Waals surface area contributed by atoms with Crippen LogP contribution in [0.3, 0.4) is 0 Å². The van der Waals surface area contributed by atoms with Gasteiger partial charge in [-0.3, -0.25) is 14.5 Å². The third-order valence-electron chi connectivity index (χ3n) is 1.48. The number of nitrogens with two attached hydrogens (primary N) is 1. The topological polar surface area (TPSA) is 75.4 Å². The first-order valence-corrected chi connectivity index (χ1v) is 3.37. The van der Waals surface area contributed by atoms with Crippen molar-refractivity contribution in [1.82, 2.24) is 10.2 Å². The monoisotopic (exact) mass is 167 g/mol. The van der Waals surface area contributed by atoms with Gasteiger partial charge in [-0.1, -0.05) is 6.08 Å². The van der Waals surface area contributed by atoms with Gasteiger partial charge in [0.1, 0.15) is 12.0 Å². The zero-order valence-corrected chi connectivity index (χ0v) is 6.31. The van der Waals surface area contributed by atoms with Crippen LogP contribution in [0.2, 0.25) is 0 Å². The van der Waals surface area contributed by atoms with Gasteiger partial charge < -0.3 is 11.1 Å². The summed E-state index contributed by atoms with van der Waals surface area (Å²) in [5, 5.41) is 2.36. The molecule has 3 N–H and O–H groups in total. The lowest BCUT2D eigenvalue weighted by Crippen LogP contribution is -2.44. The molecule has 64 valence electrons. The van der Waals surface area contributed by atoms with E-state index in [-0.39, 0.29) is 0 Å². The van der Waals surface area contributed by atoms with E-state index in [4.69, 9.17) is 5.73 Å². The summed E-state index contributed by atoms with van der Waals surface area (Å²) in [6.07, 6.45) is 5.47. The normalized spacial score (nSPS) is 21.6. The molecule has 1 unspecified atom stereocenters. The SMILES string of the molecule is NC1C=CC=C(NC=O)N1C=O. The molecule has 1 aliphatic rings. The van der Waals surface area contributed by atoms with Crippen LogP contribution in [0.4, 0.5) is 0 Å². The fourth-order valence-electron chi connectivity index (χ4n) is 0.910. The standard InChI is InChI=1S/C7H9N3O2/c8-6-2-1-3-7(9-4-11)10(6)5-12/h1-6H,8H2,(H,9,11). The quantitative estimate of drug-likeness (QED) is 0.523. The summed E-state index contributed by atoms with van der Waals surface area (Å²) in [7, 11) is 0. The van der Waals surface area contributed by atoms with E-state index in [1.165, 1.54) is 4.90 Å². The molecule has 1 rings (SSSR count). The number of amides is 2. The third-order valence-corrected chi connectivity index (χ3v) is 1.48. The molecule has 0 fully saturated rings. The Morgan fingerprint density at radius 2 is 2.33 bits per heavy atom. The minimum absolute atomic E-state index is 0.384. The van der Waals surface area contributed by atoms with Crippen molar-refractivity contribution < 1.29 is 9.59 Å². The van der Waals surface area contributed by atoms with E-state index in [2.05, 4.69) is 5.32 Å². The molecule has 0 radical (unpaired) electrons. The highest BCUT2D eigenvalue weighted by Crippen LogP contribution is 2.06. The molecular formula is C7H9N3O2. The fourth-order valence-corrected chi connectivity index (χ4v) is 0.910. The van der Waals surface area contributed by atoms with Crippen LogP contribution < -0.4 is 11.1 Å². The Morgan fingerprint density at radius 3 is 2.92 bits per heavy atom. The van der Waals surface area contributed by atoms with Gasteiger partial charge in [0.15, 0.2) is 0 Å². The first kappa shape index (κ1) is 8.48. The van der Waals surface area contributed by atoms with Gasteiger partial charge in [0.25, 0.3) is 0 Å². The van der Waals surface area contributed by atoms with Gasteiger partial charge in [0.05, 0.1) is 0 Å². The first-order valence-electron chi connectivity index (χ1n) is 3.37. The van der Waals surface area contributed by atoms with Gasteiger partial charge >= 0.3 is 0 Å². The van der Waals surface area contributed by atoms with E-state index in [9.17, 15) is 9.59 Å². The van der Waals surface area contributed by atoms with E-state index in [0.29, 0.717) is 18.6 Å². The second-order valence-electron chi connectivity index (χ2n) is 2.20. The van der Waals surface area contributed by atoms with Gasteiger partial charge in [-0.05, 0) is 12.2 Å². The number of rotatable bonds is 3. The molecule has 2 amide bonds. The molecule has 0 aromatic carbocycles. The largest absolute Gasteiger partial charge is 0.315 e. The number of carbonyl (C=O) groups is 2. The Kier molecular flexibility index (Phi) is 2.60.